The van der Waals surface area contributed by atoms with E-state index < -0.39 is 0 Å². The van der Waals surface area contributed by atoms with Crippen LogP contribution in [0, 0.1) is 11.8 Å². The van der Waals surface area contributed by atoms with E-state index in [-0.39, 0.29) is 19.5 Å². The number of hydrogen-bond acceptors (Lipinski definition) is 6. The van der Waals surface area contributed by atoms with Crippen LogP contribution < -0.4 is 0 Å². The molecule has 0 heterocycles. The van der Waals surface area contributed by atoms with E-state index in [4.69, 9.17) is 8.85 Å². The molecule has 146 valence electrons. The molecule has 0 saturated carbocycles. The second kappa shape index (κ2) is 18.1. The van der Waals surface area contributed by atoms with Crippen LogP contribution >= 0.6 is 41.2 Å². The average Bonchev–Trinajstić information content (AvgIpc) is 2.61. The Labute approximate surface area is 171 Å². The van der Waals surface area contributed by atoms with Crippen LogP contribution in [0.5, 0.6) is 0 Å². The van der Waals surface area contributed by atoms with E-state index in [1.165, 1.54) is 37.2 Å². The molecule has 24 heavy (non-hydrogen) atoms. The van der Waals surface area contributed by atoms with E-state index in [0.29, 0.717) is 0 Å². The third-order valence-electron chi connectivity index (χ3n) is 4.88. The molecule has 0 saturated heterocycles. The van der Waals surface area contributed by atoms with Crippen molar-refractivity contribution < 1.29 is 8.85 Å². The summed E-state index contributed by atoms with van der Waals surface area (Å²) in [6.45, 7) is 9.31. The Morgan fingerprint density at radius 2 is 1.04 bits per heavy atom. The van der Waals surface area contributed by atoms with Crippen molar-refractivity contribution in [3.05, 3.63) is 0 Å². The van der Waals surface area contributed by atoms with Gasteiger partial charge in [-0.1, -0.05) is 75.0 Å². The summed E-state index contributed by atoms with van der Waals surface area (Å²) in [7, 11) is 11.1. The summed E-state index contributed by atoms with van der Waals surface area (Å²) in [5.74, 6) is 4.22. The highest BCUT2D eigenvalue weighted by molar-refractivity contribution is 9.26. The number of rotatable bonds is 17. The van der Waals surface area contributed by atoms with Gasteiger partial charge in [-0.15, -0.1) is 0 Å². The van der Waals surface area contributed by atoms with E-state index in [1.54, 1.807) is 0 Å². The molecule has 2 nitrogen and oxygen atoms in total. The molecular formula is C16H38O2S4Si2. The summed E-state index contributed by atoms with van der Waals surface area (Å²) in [6.07, 6.45) is 5.15. The third-order valence-corrected chi connectivity index (χ3v) is 15.6. The Hall–Kier alpha value is 1.75. The Morgan fingerprint density at radius 1 is 0.667 bits per heavy atom. The lowest BCUT2D eigenvalue weighted by Crippen LogP contribution is -2.17. The van der Waals surface area contributed by atoms with Gasteiger partial charge in [0.15, 0.2) is 19.5 Å². The van der Waals surface area contributed by atoms with Gasteiger partial charge in [0.2, 0.25) is 0 Å². The maximum Gasteiger partial charge on any atom is 0.164 e. The fourth-order valence-corrected chi connectivity index (χ4v) is 13.4. The van der Waals surface area contributed by atoms with Gasteiger partial charge >= 0.3 is 0 Å². The Kier molecular flexibility index (Phi) is 19.5. The second-order valence-corrected chi connectivity index (χ2v) is 16.3. The van der Waals surface area contributed by atoms with Crippen LogP contribution in [0.25, 0.3) is 0 Å². The summed E-state index contributed by atoms with van der Waals surface area (Å²) < 4.78 is 11.0. The lowest BCUT2D eigenvalue weighted by molar-refractivity contribution is 0.399. The lowest BCUT2D eigenvalue weighted by atomic mass is 10.0. The van der Waals surface area contributed by atoms with Crippen LogP contribution in [0.3, 0.4) is 0 Å². The molecule has 0 aromatic heterocycles. The first-order chi connectivity index (χ1) is 11.7. The van der Waals surface area contributed by atoms with Crippen LogP contribution in [-0.4, -0.2) is 45.3 Å². The SMILES string of the molecule is CCC(CSSSSCC(CC)C(CC)[SiH2]OC)C(CC)[SiH2]OC. The topological polar surface area (TPSA) is 18.5 Å². The smallest absolute Gasteiger partial charge is 0.164 e. The minimum Gasteiger partial charge on any atom is -0.427 e. The monoisotopic (exact) mass is 446 g/mol. The molecular weight excluding hydrogens is 409 g/mol. The van der Waals surface area contributed by atoms with Gasteiger partial charge in [-0.2, -0.15) is 0 Å². The quantitative estimate of drug-likeness (QED) is 0.164. The molecule has 0 aromatic rings. The summed E-state index contributed by atoms with van der Waals surface area (Å²) >= 11 is 0. The van der Waals surface area contributed by atoms with Gasteiger partial charge in [0.05, 0.1) is 0 Å². The second-order valence-electron chi connectivity index (χ2n) is 6.29. The Balaban J connectivity index is 3.94. The van der Waals surface area contributed by atoms with Crippen molar-refractivity contribution in [3.8, 4) is 0 Å². The molecule has 0 aliphatic rings. The van der Waals surface area contributed by atoms with Gasteiger partial charge in [-0.3, -0.25) is 0 Å². The van der Waals surface area contributed by atoms with E-state index in [0.717, 1.165) is 22.9 Å². The molecule has 0 aromatic carbocycles. The van der Waals surface area contributed by atoms with Crippen LogP contribution in [0.2, 0.25) is 11.1 Å². The van der Waals surface area contributed by atoms with Gasteiger partial charge in [0.1, 0.15) is 0 Å². The lowest BCUT2D eigenvalue weighted by Gasteiger charge is -2.24. The highest BCUT2D eigenvalue weighted by Gasteiger charge is 2.20. The Morgan fingerprint density at radius 3 is 1.29 bits per heavy atom. The predicted molar refractivity (Wildman–Crippen MR) is 127 cm³/mol. The summed E-state index contributed by atoms with van der Waals surface area (Å²) in [5.41, 5.74) is 1.69. The molecule has 4 unspecified atom stereocenters. The first kappa shape index (κ1) is 25.8. The van der Waals surface area contributed by atoms with E-state index >= 15 is 0 Å². The van der Waals surface area contributed by atoms with Crippen LogP contribution in [-0.2, 0) is 8.85 Å². The molecule has 0 fully saturated rings. The van der Waals surface area contributed by atoms with Crippen LogP contribution in [0.15, 0.2) is 0 Å². The predicted octanol–water partition coefficient (Wildman–Crippen LogP) is 5.57. The van der Waals surface area contributed by atoms with Crippen molar-refractivity contribution in [2.24, 2.45) is 11.8 Å². The van der Waals surface area contributed by atoms with Crippen molar-refractivity contribution in [1.29, 1.82) is 0 Å². The molecule has 0 spiro atoms. The van der Waals surface area contributed by atoms with Crippen molar-refractivity contribution >= 4 is 60.8 Å². The normalized spacial score (nSPS) is 17.8. The molecule has 8 heteroatoms. The highest BCUT2D eigenvalue weighted by Crippen LogP contribution is 2.46. The van der Waals surface area contributed by atoms with Crippen molar-refractivity contribution in [2.45, 2.75) is 64.5 Å². The van der Waals surface area contributed by atoms with Crippen LogP contribution in [0.4, 0.5) is 0 Å². The van der Waals surface area contributed by atoms with Gasteiger partial charge in [-0.05, 0) is 42.6 Å². The zero-order valence-electron chi connectivity index (χ0n) is 16.4. The van der Waals surface area contributed by atoms with Crippen molar-refractivity contribution in [1.82, 2.24) is 0 Å². The van der Waals surface area contributed by atoms with Crippen molar-refractivity contribution in [2.75, 3.05) is 25.7 Å². The minimum absolute atomic E-state index is 0.340. The first-order valence-electron chi connectivity index (χ1n) is 9.23. The highest BCUT2D eigenvalue weighted by atomic mass is 33.7. The van der Waals surface area contributed by atoms with E-state index in [2.05, 4.69) is 27.7 Å². The molecule has 0 amide bonds. The first-order valence-corrected chi connectivity index (χ1v) is 17.2. The average molecular weight is 447 g/mol. The number of hydrogen-bond donors (Lipinski definition) is 0. The Bertz CT molecular complexity index is 252. The zero-order valence-corrected chi connectivity index (χ0v) is 22.5. The van der Waals surface area contributed by atoms with Gasteiger partial charge in [0.25, 0.3) is 0 Å². The minimum atomic E-state index is -0.340. The maximum absolute atomic E-state index is 5.52. The molecule has 0 aliphatic carbocycles. The zero-order chi connectivity index (χ0) is 18.2. The molecule has 4 atom stereocenters. The molecule has 0 rings (SSSR count). The molecule has 0 bridgehead atoms. The van der Waals surface area contributed by atoms with E-state index in [9.17, 15) is 0 Å². The molecule has 0 N–H and O–H groups in total. The van der Waals surface area contributed by atoms with Gasteiger partial charge in [-0.25, -0.2) is 0 Å². The summed E-state index contributed by atoms with van der Waals surface area (Å²) in [5, 5.41) is 0. The molecule has 0 radical (unpaired) electrons. The largest absolute Gasteiger partial charge is 0.427 e. The van der Waals surface area contributed by atoms with Crippen LogP contribution in [0.1, 0.15) is 53.4 Å². The summed E-state index contributed by atoms with van der Waals surface area (Å²) in [4.78, 5) is 0. The van der Waals surface area contributed by atoms with Gasteiger partial charge in [0, 0.05) is 25.7 Å². The maximum atomic E-state index is 5.52. The fourth-order valence-electron chi connectivity index (χ4n) is 3.05. The van der Waals surface area contributed by atoms with Crippen molar-refractivity contribution in [3.63, 3.8) is 0 Å². The fraction of sp³-hybridized carbons (Fsp3) is 1.00. The standard InChI is InChI=1S/C16H38O2S4Si2/c1-7-13(15(9-3)23-17-5)11-19-21-22-20-12-14(8-2)16(10-4)24-18-6/h13-16H,7-12,23-24H2,1-6H3. The third kappa shape index (κ3) is 11.5. The summed E-state index contributed by atoms with van der Waals surface area (Å²) in [6, 6.07) is 0. The molecule has 0 aliphatic heterocycles. The van der Waals surface area contributed by atoms with E-state index in [1.807, 2.05) is 55.5 Å². The van der Waals surface area contributed by atoms with Gasteiger partial charge < -0.3 is 8.85 Å².